The summed E-state index contributed by atoms with van der Waals surface area (Å²) in [5.41, 5.74) is 3.33. The summed E-state index contributed by atoms with van der Waals surface area (Å²) in [5.74, 6) is 0.407. The molecule has 26 heavy (non-hydrogen) atoms. The Kier molecular flexibility index (Phi) is 5.08. The fraction of sp³-hybridized carbons (Fsp3) is 0.263. The molecule has 7 heteroatoms. The predicted molar refractivity (Wildman–Crippen MR) is 102 cm³/mol. The predicted octanol–water partition coefficient (Wildman–Crippen LogP) is 3.56. The van der Waals surface area contributed by atoms with E-state index in [-0.39, 0.29) is 10.8 Å². The summed E-state index contributed by atoms with van der Waals surface area (Å²) in [6.07, 6.45) is 1.52. The summed E-state index contributed by atoms with van der Waals surface area (Å²) in [6.45, 7) is 6.67. The van der Waals surface area contributed by atoms with Crippen molar-refractivity contribution in [3.8, 4) is 0 Å². The Bertz CT molecular complexity index is 992. The van der Waals surface area contributed by atoms with E-state index in [0.29, 0.717) is 12.5 Å². The standard InChI is InChI=1S/C19H22N4O2S/c1-14(2)17-7-9-18(10-8-17)26(24,25)22-19-20-13-23(21-19)12-16-6-4-5-15(3)11-16/h4-11,13-14H,12H2,1-3H3,(H,21,22). The summed E-state index contributed by atoms with van der Waals surface area (Å²) in [7, 11) is -3.71. The van der Waals surface area contributed by atoms with E-state index >= 15 is 0 Å². The highest BCUT2D eigenvalue weighted by Crippen LogP contribution is 2.18. The van der Waals surface area contributed by atoms with E-state index in [1.807, 2.05) is 37.3 Å². The molecule has 0 amide bonds. The molecule has 0 bridgehead atoms. The van der Waals surface area contributed by atoms with Crippen LogP contribution in [0.2, 0.25) is 0 Å². The first-order valence-electron chi connectivity index (χ1n) is 8.41. The topological polar surface area (TPSA) is 76.9 Å². The number of sulfonamides is 1. The van der Waals surface area contributed by atoms with Crippen LogP contribution in [0.3, 0.4) is 0 Å². The minimum atomic E-state index is -3.71. The molecule has 0 aliphatic heterocycles. The van der Waals surface area contributed by atoms with Crippen LogP contribution in [-0.4, -0.2) is 23.2 Å². The van der Waals surface area contributed by atoms with Crippen LogP contribution < -0.4 is 4.72 Å². The first-order valence-corrected chi connectivity index (χ1v) is 9.89. The van der Waals surface area contributed by atoms with Gasteiger partial charge in [0.05, 0.1) is 11.4 Å². The number of nitrogens with one attached hydrogen (secondary N) is 1. The number of rotatable bonds is 6. The summed E-state index contributed by atoms with van der Waals surface area (Å²) in [5, 5.41) is 4.21. The third kappa shape index (κ3) is 4.29. The highest BCUT2D eigenvalue weighted by molar-refractivity contribution is 7.92. The van der Waals surface area contributed by atoms with E-state index in [0.717, 1.165) is 16.7 Å². The van der Waals surface area contributed by atoms with E-state index in [1.165, 1.54) is 6.33 Å². The van der Waals surface area contributed by atoms with Gasteiger partial charge in [-0.05, 0) is 36.1 Å². The molecule has 0 radical (unpaired) electrons. The van der Waals surface area contributed by atoms with Crippen LogP contribution in [0.15, 0.2) is 59.8 Å². The lowest BCUT2D eigenvalue weighted by atomic mass is 10.0. The molecule has 0 atom stereocenters. The molecule has 1 aromatic heterocycles. The first kappa shape index (κ1) is 18.1. The normalized spacial score (nSPS) is 11.7. The molecular weight excluding hydrogens is 348 g/mol. The first-order chi connectivity index (χ1) is 12.3. The van der Waals surface area contributed by atoms with Crippen LogP contribution >= 0.6 is 0 Å². The molecule has 0 saturated carbocycles. The van der Waals surface area contributed by atoms with Crippen LogP contribution in [0.4, 0.5) is 5.95 Å². The molecule has 0 fully saturated rings. The number of nitrogens with zero attached hydrogens (tertiary/aromatic N) is 3. The zero-order valence-electron chi connectivity index (χ0n) is 15.0. The second-order valence-electron chi connectivity index (χ2n) is 6.58. The van der Waals surface area contributed by atoms with Crippen molar-refractivity contribution in [2.75, 3.05) is 4.72 Å². The molecule has 3 aromatic rings. The maximum absolute atomic E-state index is 12.5. The largest absolute Gasteiger partial charge is 0.264 e. The van der Waals surface area contributed by atoms with Gasteiger partial charge in [0, 0.05) is 0 Å². The third-order valence-electron chi connectivity index (χ3n) is 4.05. The van der Waals surface area contributed by atoms with Crippen LogP contribution in [0.5, 0.6) is 0 Å². The fourth-order valence-electron chi connectivity index (χ4n) is 2.63. The maximum Gasteiger partial charge on any atom is 0.264 e. The molecule has 0 spiro atoms. The molecule has 1 heterocycles. The molecular formula is C19H22N4O2S. The fourth-order valence-corrected chi connectivity index (χ4v) is 3.57. The SMILES string of the molecule is Cc1cccc(Cn2cnc(NS(=O)(=O)c3ccc(C(C)C)cc3)n2)c1. The Morgan fingerprint density at radius 1 is 1.12 bits per heavy atom. The van der Waals surface area contributed by atoms with Gasteiger partial charge in [-0.1, -0.05) is 55.8 Å². The number of hydrogen-bond acceptors (Lipinski definition) is 4. The van der Waals surface area contributed by atoms with Crippen molar-refractivity contribution in [2.24, 2.45) is 0 Å². The molecule has 6 nitrogen and oxygen atoms in total. The van der Waals surface area contributed by atoms with Crippen molar-refractivity contribution in [3.05, 3.63) is 71.5 Å². The average Bonchev–Trinajstić information content (AvgIpc) is 3.01. The van der Waals surface area contributed by atoms with Gasteiger partial charge in [0.25, 0.3) is 16.0 Å². The van der Waals surface area contributed by atoms with Crippen LogP contribution in [0.1, 0.15) is 36.5 Å². The Labute approximate surface area is 154 Å². The number of hydrogen-bond donors (Lipinski definition) is 1. The quantitative estimate of drug-likeness (QED) is 0.720. The van der Waals surface area contributed by atoms with E-state index in [2.05, 4.69) is 34.7 Å². The number of aromatic nitrogens is 3. The Morgan fingerprint density at radius 2 is 1.85 bits per heavy atom. The number of anilines is 1. The summed E-state index contributed by atoms with van der Waals surface area (Å²) in [4.78, 5) is 4.24. The van der Waals surface area contributed by atoms with Gasteiger partial charge in [0.15, 0.2) is 0 Å². The lowest BCUT2D eigenvalue weighted by Gasteiger charge is -2.08. The van der Waals surface area contributed by atoms with Gasteiger partial charge in [-0.25, -0.2) is 17.8 Å². The number of benzene rings is 2. The minimum Gasteiger partial charge on any atom is -0.246 e. The van der Waals surface area contributed by atoms with Gasteiger partial charge in [0.1, 0.15) is 6.33 Å². The Balaban J connectivity index is 1.73. The van der Waals surface area contributed by atoms with Crippen LogP contribution in [-0.2, 0) is 16.6 Å². The maximum atomic E-state index is 12.5. The average molecular weight is 370 g/mol. The molecule has 1 N–H and O–H groups in total. The molecule has 136 valence electrons. The Hall–Kier alpha value is -2.67. The lowest BCUT2D eigenvalue weighted by Crippen LogP contribution is -2.14. The molecule has 0 unspecified atom stereocenters. The Morgan fingerprint density at radius 3 is 2.50 bits per heavy atom. The van der Waals surface area contributed by atoms with E-state index < -0.39 is 10.0 Å². The minimum absolute atomic E-state index is 0.0607. The highest BCUT2D eigenvalue weighted by atomic mass is 32.2. The molecule has 0 aliphatic rings. The number of aryl methyl sites for hydroxylation is 1. The van der Waals surface area contributed by atoms with Crippen molar-refractivity contribution in [3.63, 3.8) is 0 Å². The van der Waals surface area contributed by atoms with Crippen molar-refractivity contribution in [1.82, 2.24) is 14.8 Å². The van der Waals surface area contributed by atoms with E-state index in [9.17, 15) is 8.42 Å². The zero-order valence-corrected chi connectivity index (χ0v) is 15.9. The van der Waals surface area contributed by atoms with Crippen LogP contribution in [0.25, 0.3) is 0 Å². The second-order valence-corrected chi connectivity index (χ2v) is 8.27. The highest BCUT2D eigenvalue weighted by Gasteiger charge is 2.16. The lowest BCUT2D eigenvalue weighted by molar-refractivity contribution is 0.600. The summed E-state index contributed by atoms with van der Waals surface area (Å²) >= 11 is 0. The summed E-state index contributed by atoms with van der Waals surface area (Å²) in [6, 6.07) is 14.9. The summed E-state index contributed by atoms with van der Waals surface area (Å²) < 4.78 is 29.0. The molecule has 0 aliphatic carbocycles. The van der Waals surface area contributed by atoms with Crippen molar-refractivity contribution < 1.29 is 8.42 Å². The molecule has 0 saturated heterocycles. The zero-order chi connectivity index (χ0) is 18.7. The van der Waals surface area contributed by atoms with Crippen molar-refractivity contribution in [1.29, 1.82) is 0 Å². The molecule has 2 aromatic carbocycles. The van der Waals surface area contributed by atoms with Gasteiger partial charge in [-0.3, -0.25) is 0 Å². The third-order valence-corrected chi connectivity index (χ3v) is 5.39. The monoisotopic (exact) mass is 370 g/mol. The van der Waals surface area contributed by atoms with Gasteiger partial charge in [-0.15, -0.1) is 5.10 Å². The van der Waals surface area contributed by atoms with Crippen LogP contribution in [0, 0.1) is 6.92 Å². The van der Waals surface area contributed by atoms with Crippen molar-refractivity contribution >= 4 is 16.0 Å². The van der Waals surface area contributed by atoms with Gasteiger partial charge in [-0.2, -0.15) is 4.98 Å². The molecule has 3 rings (SSSR count). The van der Waals surface area contributed by atoms with Crippen molar-refractivity contribution in [2.45, 2.75) is 38.1 Å². The second kappa shape index (κ2) is 7.29. The van der Waals surface area contributed by atoms with Gasteiger partial charge < -0.3 is 0 Å². The van der Waals surface area contributed by atoms with Gasteiger partial charge in [0.2, 0.25) is 0 Å². The smallest absolute Gasteiger partial charge is 0.246 e. The van der Waals surface area contributed by atoms with Gasteiger partial charge >= 0.3 is 0 Å². The van der Waals surface area contributed by atoms with E-state index in [1.54, 1.807) is 16.8 Å². The van der Waals surface area contributed by atoms with E-state index in [4.69, 9.17) is 0 Å².